The van der Waals surface area contributed by atoms with Crippen molar-refractivity contribution in [3.05, 3.63) is 175 Å². The van der Waals surface area contributed by atoms with Crippen LogP contribution in [0.25, 0.3) is 64.0 Å². The highest BCUT2D eigenvalue weighted by Gasteiger charge is 2.19. The minimum atomic E-state index is 0.682. The molecule has 0 saturated heterocycles. The van der Waals surface area contributed by atoms with E-state index < -0.39 is 0 Å². The maximum atomic E-state index is 9.72. The molecule has 0 bridgehead atoms. The van der Waals surface area contributed by atoms with Crippen LogP contribution in [0, 0.1) is 22.7 Å². The number of fused-ring (bicyclic) bond motifs is 5. The molecule has 50 heavy (non-hydrogen) atoms. The first-order valence-corrected chi connectivity index (χ1v) is 17.3. The van der Waals surface area contributed by atoms with Crippen molar-refractivity contribution in [2.24, 2.45) is 0 Å². The van der Waals surface area contributed by atoms with Crippen LogP contribution in [0.2, 0.25) is 0 Å². The van der Waals surface area contributed by atoms with Crippen LogP contribution in [0.1, 0.15) is 11.1 Å². The summed E-state index contributed by atoms with van der Waals surface area (Å²) in [5, 5.41) is 26.0. The highest BCUT2D eigenvalue weighted by molar-refractivity contribution is 7.26. The molecular weight excluding hydrogens is 627 g/mol. The van der Waals surface area contributed by atoms with Gasteiger partial charge in [-0.3, -0.25) is 0 Å². The smallest absolute Gasteiger partial charge is 0.0998 e. The van der Waals surface area contributed by atoms with E-state index in [1.54, 1.807) is 0 Å². The third kappa shape index (κ3) is 4.79. The molecule has 9 aromatic rings. The van der Waals surface area contributed by atoms with Crippen molar-refractivity contribution in [1.29, 1.82) is 10.5 Å². The molecule has 9 rings (SSSR count). The van der Waals surface area contributed by atoms with Gasteiger partial charge in [-0.15, -0.1) is 11.3 Å². The predicted octanol–water partition coefficient (Wildman–Crippen LogP) is 12.9. The number of rotatable bonds is 5. The minimum Gasteiger partial charge on any atom is -0.309 e. The van der Waals surface area contributed by atoms with Crippen molar-refractivity contribution in [2.75, 3.05) is 4.90 Å². The molecule has 4 heteroatoms. The van der Waals surface area contributed by atoms with Crippen molar-refractivity contribution in [3.8, 4) is 34.4 Å². The van der Waals surface area contributed by atoms with Crippen LogP contribution in [-0.4, -0.2) is 0 Å². The van der Waals surface area contributed by atoms with Gasteiger partial charge in [-0.05, 0) is 81.6 Å². The molecule has 1 heterocycles. The number of benzene rings is 8. The lowest BCUT2D eigenvalue weighted by molar-refractivity contribution is 1.30. The Kier molecular flexibility index (Phi) is 7.10. The molecule has 0 radical (unpaired) electrons. The summed E-state index contributed by atoms with van der Waals surface area (Å²) in [7, 11) is 0. The van der Waals surface area contributed by atoms with E-state index in [-0.39, 0.29) is 0 Å². The average molecular weight is 654 g/mol. The van der Waals surface area contributed by atoms with E-state index in [0.717, 1.165) is 60.9 Å². The molecule has 0 saturated carbocycles. The van der Waals surface area contributed by atoms with Gasteiger partial charge in [0.25, 0.3) is 0 Å². The molecule has 0 amide bonds. The number of thiophene rings is 1. The third-order valence-corrected chi connectivity index (χ3v) is 10.8. The van der Waals surface area contributed by atoms with Crippen molar-refractivity contribution in [2.45, 2.75) is 0 Å². The van der Waals surface area contributed by atoms with Crippen LogP contribution in [0.3, 0.4) is 0 Å². The van der Waals surface area contributed by atoms with Gasteiger partial charge in [0.15, 0.2) is 0 Å². The van der Waals surface area contributed by atoms with E-state index in [1.165, 1.54) is 20.2 Å². The second kappa shape index (κ2) is 12.1. The molecule has 0 aliphatic heterocycles. The Balaban J connectivity index is 1.19. The minimum absolute atomic E-state index is 0.682. The van der Waals surface area contributed by atoms with E-state index in [1.807, 2.05) is 59.9 Å². The summed E-state index contributed by atoms with van der Waals surface area (Å²) in [4.78, 5) is 2.35. The summed E-state index contributed by atoms with van der Waals surface area (Å²) in [6, 6.07) is 61.5. The monoisotopic (exact) mass is 653 g/mol. The number of hydrogen-bond acceptors (Lipinski definition) is 4. The summed E-state index contributed by atoms with van der Waals surface area (Å²) >= 11 is 1.82. The Morgan fingerprint density at radius 3 is 1.38 bits per heavy atom. The van der Waals surface area contributed by atoms with Crippen LogP contribution < -0.4 is 4.90 Å². The van der Waals surface area contributed by atoms with Crippen molar-refractivity contribution < 1.29 is 0 Å². The summed E-state index contributed by atoms with van der Waals surface area (Å²) in [6.07, 6.45) is 0. The average Bonchev–Trinajstić information content (AvgIpc) is 3.57. The van der Waals surface area contributed by atoms with Crippen molar-refractivity contribution in [1.82, 2.24) is 0 Å². The van der Waals surface area contributed by atoms with E-state index in [2.05, 4.69) is 132 Å². The van der Waals surface area contributed by atoms with Gasteiger partial charge in [-0.2, -0.15) is 10.5 Å². The van der Waals surface area contributed by atoms with Crippen LogP contribution in [0.4, 0.5) is 17.1 Å². The fourth-order valence-corrected chi connectivity index (χ4v) is 8.42. The van der Waals surface area contributed by atoms with E-state index in [0.29, 0.717) is 11.1 Å². The zero-order valence-electron chi connectivity index (χ0n) is 26.8. The lowest BCUT2D eigenvalue weighted by Gasteiger charge is -2.26. The number of nitriles is 2. The standard InChI is InChI=1S/C46H27N3S/c47-28-32-20-26-38(40-10-3-1-8-36(32)40)30-16-22-34(23-17-30)49(44-14-7-13-43-42-12-5-6-15-45(42)50-46(43)44)35-24-18-31(19-25-35)39-27-21-33(29-48)37-9-2-4-11-41(37)39/h1-27H. The third-order valence-electron chi connectivity index (χ3n) is 9.59. The van der Waals surface area contributed by atoms with Gasteiger partial charge in [0.1, 0.15) is 0 Å². The van der Waals surface area contributed by atoms with Crippen LogP contribution in [0.5, 0.6) is 0 Å². The SMILES string of the molecule is N#Cc1ccc(-c2ccc(N(c3ccc(-c4ccc(C#N)c5ccccc45)cc3)c3cccc4c3sc3ccccc34)cc2)c2ccccc12. The number of anilines is 3. The van der Waals surface area contributed by atoms with Crippen molar-refractivity contribution >= 4 is 70.1 Å². The normalized spacial score (nSPS) is 11.2. The first-order valence-electron chi connectivity index (χ1n) is 16.5. The zero-order chi connectivity index (χ0) is 33.6. The molecule has 0 spiro atoms. The van der Waals surface area contributed by atoms with Gasteiger partial charge in [0.2, 0.25) is 0 Å². The lowest BCUT2D eigenvalue weighted by atomic mass is 9.95. The predicted molar refractivity (Wildman–Crippen MR) is 209 cm³/mol. The summed E-state index contributed by atoms with van der Waals surface area (Å²) < 4.78 is 2.50. The van der Waals surface area contributed by atoms with E-state index in [4.69, 9.17) is 0 Å². The Hall–Kier alpha value is -6.72. The van der Waals surface area contributed by atoms with Gasteiger partial charge in [0, 0.05) is 37.6 Å². The molecule has 232 valence electrons. The van der Waals surface area contributed by atoms with E-state index >= 15 is 0 Å². The summed E-state index contributed by atoms with van der Waals surface area (Å²) in [5.74, 6) is 0. The van der Waals surface area contributed by atoms with Crippen LogP contribution in [0.15, 0.2) is 164 Å². The van der Waals surface area contributed by atoms with Gasteiger partial charge < -0.3 is 4.90 Å². The summed E-state index contributed by atoms with van der Waals surface area (Å²) in [5.41, 5.74) is 8.97. The Morgan fingerprint density at radius 1 is 0.400 bits per heavy atom. The molecule has 0 aliphatic rings. The van der Waals surface area contributed by atoms with Gasteiger partial charge in [-0.1, -0.05) is 115 Å². The van der Waals surface area contributed by atoms with Gasteiger partial charge in [0.05, 0.1) is 33.7 Å². The largest absolute Gasteiger partial charge is 0.309 e. The Morgan fingerprint density at radius 2 is 0.860 bits per heavy atom. The van der Waals surface area contributed by atoms with Crippen LogP contribution >= 0.6 is 11.3 Å². The second-order valence-corrected chi connectivity index (χ2v) is 13.4. The fourth-order valence-electron chi connectivity index (χ4n) is 7.21. The van der Waals surface area contributed by atoms with Gasteiger partial charge >= 0.3 is 0 Å². The first kappa shape index (κ1) is 29.4. The highest BCUT2D eigenvalue weighted by atomic mass is 32.1. The Labute approximate surface area is 293 Å². The molecule has 3 nitrogen and oxygen atoms in total. The maximum Gasteiger partial charge on any atom is 0.0998 e. The highest BCUT2D eigenvalue weighted by Crippen LogP contribution is 2.45. The first-order chi connectivity index (χ1) is 24.7. The number of nitrogens with zero attached hydrogens (tertiary/aromatic N) is 3. The molecule has 0 unspecified atom stereocenters. The second-order valence-electron chi connectivity index (χ2n) is 12.3. The molecule has 0 atom stereocenters. The van der Waals surface area contributed by atoms with Gasteiger partial charge in [-0.25, -0.2) is 0 Å². The molecule has 8 aromatic carbocycles. The van der Waals surface area contributed by atoms with E-state index in [9.17, 15) is 10.5 Å². The van der Waals surface area contributed by atoms with Crippen molar-refractivity contribution in [3.63, 3.8) is 0 Å². The number of hydrogen-bond donors (Lipinski definition) is 0. The maximum absolute atomic E-state index is 9.72. The molecule has 0 aliphatic carbocycles. The van der Waals surface area contributed by atoms with Crippen LogP contribution in [-0.2, 0) is 0 Å². The Bertz CT molecular complexity index is 2690. The lowest BCUT2D eigenvalue weighted by Crippen LogP contribution is -2.10. The molecular formula is C46H27N3S. The quantitative estimate of drug-likeness (QED) is 0.186. The fraction of sp³-hybridized carbons (Fsp3) is 0. The molecule has 0 N–H and O–H groups in total. The summed E-state index contributed by atoms with van der Waals surface area (Å²) in [6.45, 7) is 0. The molecule has 0 fully saturated rings. The topological polar surface area (TPSA) is 50.8 Å². The molecule has 1 aromatic heterocycles. The zero-order valence-corrected chi connectivity index (χ0v) is 27.7.